The van der Waals surface area contributed by atoms with E-state index in [1.54, 1.807) is 23.0 Å². The molecular weight excluding hydrogens is 428 g/mol. The van der Waals surface area contributed by atoms with E-state index >= 15 is 0 Å². The summed E-state index contributed by atoms with van der Waals surface area (Å²) in [6.45, 7) is 7.96. The Hall–Kier alpha value is -2.30. The van der Waals surface area contributed by atoms with Crippen molar-refractivity contribution < 1.29 is 13.2 Å². The third kappa shape index (κ3) is 4.87. The quantitative estimate of drug-likeness (QED) is 0.704. The zero-order chi connectivity index (χ0) is 22.9. The molecule has 0 unspecified atom stereocenters. The van der Waals surface area contributed by atoms with Gasteiger partial charge in [0.15, 0.2) is 0 Å². The second-order valence-corrected chi connectivity index (χ2v) is 10.7. The smallest absolute Gasteiger partial charge is 0.247 e. The molecule has 0 bridgehead atoms. The number of carbonyl (C=O) groups excluding carboxylic acids is 1. The summed E-state index contributed by atoms with van der Waals surface area (Å²) in [6, 6.07) is 6.34. The maximum atomic E-state index is 13.4. The molecule has 2 aliphatic heterocycles. The van der Waals surface area contributed by atoms with Crippen molar-refractivity contribution >= 4 is 15.9 Å². The summed E-state index contributed by atoms with van der Waals surface area (Å²) in [5, 5.41) is 13.6. The second kappa shape index (κ2) is 9.29. The van der Waals surface area contributed by atoms with Crippen LogP contribution in [0.1, 0.15) is 45.6 Å². The molecule has 0 aliphatic carbocycles. The third-order valence-corrected chi connectivity index (χ3v) is 7.52. The highest BCUT2D eigenvalue weighted by atomic mass is 32.2. The summed E-state index contributed by atoms with van der Waals surface area (Å²) < 4.78 is 24.6. The fourth-order valence-corrected chi connectivity index (χ4v) is 5.32. The summed E-state index contributed by atoms with van der Waals surface area (Å²) in [5.41, 5.74) is 1.29. The van der Waals surface area contributed by atoms with E-state index in [2.05, 4.69) is 15.2 Å². The average Bonchev–Trinajstić information content (AvgIpc) is 3.46. The van der Waals surface area contributed by atoms with Crippen LogP contribution in [0.25, 0.3) is 11.3 Å². The number of piperidine rings is 1. The van der Waals surface area contributed by atoms with Crippen molar-refractivity contribution in [1.82, 2.24) is 24.8 Å². The van der Waals surface area contributed by atoms with Crippen molar-refractivity contribution in [2.75, 3.05) is 26.2 Å². The molecule has 0 radical (unpaired) electrons. The largest absolute Gasteiger partial charge is 0.341 e. The molecule has 1 aromatic heterocycles. The third-order valence-electron chi connectivity index (χ3n) is 6.59. The van der Waals surface area contributed by atoms with Crippen LogP contribution >= 0.6 is 0 Å². The number of benzene rings is 1. The van der Waals surface area contributed by atoms with Gasteiger partial charge in [-0.25, -0.2) is 18.2 Å². The van der Waals surface area contributed by atoms with Crippen LogP contribution < -0.4 is 5.14 Å². The number of likely N-dealkylation sites (tertiary alicyclic amines) is 2. The van der Waals surface area contributed by atoms with Gasteiger partial charge in [0.1, 0.15) is 11.7 Å². The first-order valence-electron chi connectivity index (χ1n) is 11.3. The predicted molar refractivity (Wildman–Crippen MR) is 121 cm³/mol. The molecule has 2 aliphatic rings. The molecule has 2 fully saturated rings. The van der Waals surface area contributed by atoms with Gasteiger partial charge in [-0.05, 0) is 56.8 Å². The lowest BCUT2D eigenvalue weighted by Crippen LogP contribution is -2.48. The first-order chi connectivity index (χ1) is 15.2. The summed E-state index contributed by atoms with van der Waals surface area (Å²) in [5.74, 6) is 0.138. The highest BCUT2D eigenvalue weighted by Crippen LogP contribution is 2.27. The molecular formula is C22H32N6O3S. The summed E-state index contributed by atoms with van der Waals surface area (Å²) in [4.78, 5) is 18.0. The number of amides is 1. The Balaban J connectivity index is 1.46. The van der Waals surface area contributed by atoms with Gasteiger partial charge >= 0.3 is 0 Å². The molecule has 1 atom stereocenters. The fourth-order valence-electron chi connectivity index (χ4n) is 4.81. The van der Waals surface area contributed by atoms with Crippen molar-refractivity contribution in [3.05, 3.63) is 30.5 Å². The molecule has 2 aromatic rings. The Labute approximate surface area is 189 Å². The summed E-state index contributed by atoms with van der Waals surface area (Å²) >= 11 is 0. The molecule has 32 heavy (non-hydrogen) atoms. The van der Waals surface area contributed by atoms with Gasteiger partial charge in [-0.2, -0.15) is 0 Å². The van der Waals surface area contributed by atoms with Gasteiger partial charge in [0.25, 0.3) is 0 Å². The lowest BCUT2D eigenvalue weighted by Gasteiger charge is -2.38. The maximum absolute atomic E-state index is 13.4. The minimum atomic E-state index is -3.75. The topological polar surface area (TPSA) is 114 Å². The van der Waals surface area contributed by atoms with E-state index in [9.17, 15) is 13.2 Å². The number of sulfonamides is 1. The number of primary sulfonamides is 1. The Morgan fingerprint density at radius 2 is 1.69 bits per heavy atom. The van der Waals surface area contributed by atoms with Crippen LogP contribution in [0.2, 0.25) is 0 Å². The zero-order valence-electron chi connectivity index (χ0n) is 18.7. The minimum Gasteiger partial charge on any atom is -0.341 e. The number of nitrogens with zero attached hydrogens (tertiary/aromatic N) is 5. The average molecular weight is 461 g/mol. The van der Waals surface area contributed by atoms with Crippen LogP contribution in [0.4, 0.5) is 0 Å². The van der Waals surface area contributed by atoms with E-state index in [0.29, 0.717) is 17.3 Å². The fraction of sp³-hybridized carbons (Fsp3) is 0.591. The van der Waals surface area contributed by atoms with E-state index in [0.717, 1.165) is 25.9 Å². The molecule has 2 N–H and O–H groups in total. The van der Waals surface area contributed by atoms with Crippen molar-refractivity contribution in [1.29, 1.82) is 0 Å². The minimum absolute atomic E-state index is 0.0428. The standard InChI is InChI=1S/C22H32N6O3S/c1-16(2)21(22(29)27-13-9-18(10-14-27)26-11-3-4-12-26)28-15-20(24-25-28)17-5-7-19(8-6-17)32(23,30)31/h5-8,15-16,18,21H,3-4,9-14H2,1-2H3,(H2,23,30,31)/t21-/m0/s1. The maximum Gasteiger partial charge on any atom is 0.247 e. The van der Waals surface area contributed by atoms with Gasteiger partial charge in [-0.3, -0.25) is 4.79 Å². The van der Waals surface area contributed by atoms with Crippen LogP contribution in [0.15, 0.2) is 35.4 Å². The second-order valence-electron chi connectivity index (χ2n) is 9.14. The van der Waals surface area contributed by atoms with Crippen molar-refractivity contribution in [2.45, 2.75) is 56.5 Å². The van der Waals surface area contributed by atoms with E-state index in [-0.39, 0.29) is 16.7 Å². The molecule has 10 heteroatoms. The van der Waals surface area contributed by atoms with Gasteiger partial charge in [0.2, 0.25) is 15.9 Å². The van der Waals surface area contributed by atoms with E-state index < -0.39 is 16.1 Å². The van der Waals surface area contributed by atoms with Crippen LogP contribution in [-0.4, -0.2) is 71.3 Å². The predicted octanol–water partition coefficient (Wildman–Crippen LogP) is 1.88. The van der Waals surface area contributed by atoms with Gasteiger partial charge in [-0.1, -0.05) is 31.2 Å². The number of hydrogen-bond donors (Lipinski definition) is 1. The monoisotopic (exact) mass is 460 g/mol. The summed E-state index contributed by atoms with van der Waals surface area (Å²) in [6.07, 6.45) is 6.37. The lowest BCUT2D eigenvalue weighted by molar-refractivity contribution is -0.138. The molecule has 2 saturated heterocycles. The van der Waals surface area contributed by atoms with E-state index in [1.165, 1.54) is 38.1 Å². The molecule has 1 amide bonds. The molecule has 0 saturated carbocycles. The van der Waals surface area contributed by atoms with Gasteiger partial charge in [0, 0.05) is 24.7 Å². The number of carbonyl (C=O) groups is 1. The van der Waals surface area contributed by atoms with Gasteiger partial charge in [0.05, 0.1) is 11.1 Å². The van der Waals surface area contributed by atoms with Crippen LogP contribution in [0.5, 0.6) is 0 Å². The highest BCUT2D eigenvalue weighted by Gasteiger charge is 2.34. The highest BCUT2D eigenvalue weighted by molar-refractivity contribution is 7.89. The Morgan fingerprint density at radius 1 is 1.06 bits per heavy atom. The summed E-state index contributed by atoms with van der Waals surface area (Å²) in [7, 11) is -3.75. The molecule has 4 rings (SSSR count). The zero-order valence-corrected chi connectivity index (χ0v) is 19.5. The van der Waals surface area contributed by atoms with Gasteiger partial charge in [-0.15, -0.1) is 5.10 Å². The number of nitrogens with two attached hydrogens (primary N) is 1. The van der Waals surface area contributed by atoms with Crippen molar-refractivity contribution in [3.63, 3.8) is 0 Å². The SMILES string of the molecule is CC(C)[C@@H](C(=O)N1CCC(N2CCCC2)CC1)n1cc(-c2ccc(S(N)(=O)=O)cc2)nn1. The van der Waals surface area contributed by atoms with Gasteiger partial charge < -0.3 is 9.80 Å². The van der Waals surface area contributed by atoms with Crippen molar-refractivity contribution in [3.8, 4) is 11.3 Å². The number of hydrogen-bond acceptors (Lipinski definition) is 6. The van der Waals surface area contributed by atoms with E-state index in [4.69, 9.17) is 5.14 Å². The normalized spacial score (nSPS) is 19.6. The molecule has 174 valence electrons. The Morgan fingerprint density at radius 3 is 2.25 bits per heavy atom. The number of aromatic nitrogens is 3. The van der Waals surface area contributed by atoms with Crippen LogP contribution in [0, 0.1) is 5.92 Å². The first-order valence-corrected chi connectivity index (χ1v) is 12.9. The molecule has 9 nitrogen and oxygen atoms in total. The van der Waals surface area contributed by atoms with Crippen molar-refractivity contribution in [2.24, 2.45) is 11.1 Å². The molecule has 1 aromatic carbocycles. The Bertz CT molecular complexity index is 1040. The van der Waals surface area contributed by atoms with E-state index in [1.807, 2.05) is 18.7 Å². The lowest BCUT2D eigenvalue weighted by atomic mass is 9.99. The number of rotatable bonds is 6. The van der Waals surface area contributed by atoms with Crippen LogP contribution in [0.3, 0.4) is 0 Å². The Kier molecular flexibility index (Phi) is 6.64. The molecule has 0 spiro atoms. The first kappa shape index (κ1) is 22.9. The van der Waals surface area contributed by atoms with Crippen LogP contribution in [-0.2, 0) is 14.8 Å². The molecule has 3 heterocycles.